The highest BCUT2D eigenvalue weighted by molar-refractivity contribution is 7.92. The van der Waals surface area contributed by atoms with Crippen molar-refractivity contribution < 1.29 is 21.9 Å². The van der Waals surface area contributed by atoms with Crippen molar-refractivity contribution >= 4 is 26.6 Å². The predicted octanol–water partition coefficient (Wildman–Crippen LogP) is 4.84. The van der Waals surface area contributed by atoms with Crippen molar-refractivity contribution in [3.05, 3.63) is 91.0 Å². The minimum absolute atomic E-state index is 0.0101. The number of ether oxygens (including phenoxy) is 1. The molecular weight excluding hydrogens is 488 g/mol. The Labute approximate surface area is 204 Å². The second-order valence-corrected chi connectivity index (χ2v) is 9.37. The van der Waals surface area contributed by atoms with Gasteiger partial charge in [-0.05, 0) is 59.7 Å². The number of nitrogens with one attached hydrogen (secondary N) is 1. The van der Waals surface area contributed by atoms with E-state index in [-0.39, 0.29) is 11.6 Å². The summed E-state index contributed by atoms with van der Waals surface area (Å²) in [7, 11) is -2.92. The number of sulfonamides is 1. The van der Waals surface area contributed by atoms with Crippen LogP contribution in [0.2, 0.25) is 0 Å². The molecule has 0 aliphatic carbocycles. The molecule has 11 heteroatoms. The first-order chi connectivity index (χ1) is 17.4. The second kappa shape index (κ2) is 9.27. The van der Waals surface area contributed by atoms with E-state index in [2.05, 4.69) is 24.9 Å². The summed E-state index contributed by atoms with van der Waals surface area (Å²) in [5.41, 5.74) is 3.88. The highest BCUT2D eigenvalue weighted by Gasteiger charge is 2.20. The van der Waals surface area contributed by atoms with Crippen LogP contribution < -0.4 is 9.46 Å². The first-order valence-electron chi connectivity index (χ1n) is 10.5. The number of methoxy groups -OCH3 is 1. The number of halogens is 2. The molecule has 0 amide bonds. The van der Waals surface area contributed by atoms with Crippen LogP contribution >= 0.6 is 0 Å². The van der Waals surface area contributed by atoms with E-state index in [0.29, 0.717) is 11.6 Å². The van der Waals surface area contributed by atoms with E-state index in [1.807, 2.05) is 30.3 Å². The summed E-state index contributed by atoms with van der Waals surface area (Å²) in [5, 5.41) is 8.62. The van der Waals surface area contributed by atoms with Gasteiger partial charge in [0.15, 0.2) is 11.6 Å². The Balaban J connectivity index is 1.57. The zero-order valence-electron chi connectivity index (χ0n) is 18.7. The molecule has 180 valence electrons. The Morgan fingerprint density at radius 2 is 1.67 bits per heavy atom. The van der Waals surface area contributed by atoms with E-state index in [1.165, 1.54) is 7.11 Å². The number of nitrogens with zero attached hydrogens (tertiary/aromatic N) is 4. The molecule has 2 aromatic carbocycles. The molecule has 0 radical (unpaired) electrons. The summed E-state index contributed by atoms with van der Waals surface area (Å²) < 4.78 is 60.2. The number of hydrogen-bond donors (Lipinski definition) is 1. The molecule has 5 rings (SSSR count). The van der Waals surface area contributed by atoms with Crippen LogP contribution in [-0.4, -0.2) is 35.7 Å². The molecule has 0 unspecified atom stereocenters. The molecule has 0 aliphatic rings. The fourth-order valence-electron chi connectivity index (χ4n) is 3.72. The summed E-state index contributed by atoms with van der Waals surface area (Å²) in [6.45, 7) is 0. The van der Waals surface area contributed by atoms with Crippen LogP contribution in [0.15, 0.2) is 84.3 Å². The topological polar surface area (TPSA) is 107 Å². The molecule has 0 bridgehead atoms. The van der Waals surface area contributed by atoms with Crippen molar-refractivity contribution in [1.29, 1.82) is 0 Å². The van der Waals surface area contributed by atoms with Crippen molar-refractivity contribution in [3.63, 3.8) is 0 Å². The Morgan fingerprint density at radius 3 is 2.42 bits per heavy atom. The third-order valence-corrected chi connectivity index (χ3v) is 6.82. The van der Waals surface area contributed by atoms with E-state index in [1.54, 1.807) is 30.9 Å². The third-order valence-electron chi connectivity index (χ3n) is 5.46. The maximum atomic E-state index is 13.6. The van der Waals surface area contributed by atoms with Gasteiger partial charge >= 0.3 is 0 Å². The Morgan fingerprint density at radius 1 is 0.806 bits per heavy atom. The summed E-state index contributed by atoms with van der Waals surface area (Å²) in [6, 6.07) is 13.2. The number of benzene rings is 2. The van der Waals surface area contributed by atoms with Gasteiger partial charge in [-0.25, -0.2) is 22.2 Å². The third kappa shape index (κ3) is 4.43. The molecule has 0 spiro atoms. The SMILES string of the molecule is COc1ncc(-c2ccc3nccc(-c4ccnnc4)c3c2)cc1NS(=O)(=O)c1ccc(F)c(F)c1. The van der Waals surface area contributed by atoms with Gasteiger partial charge in [0.1, 0.15) is 5.69 Å². The zero-order chi connectivity index (χ0) is 25.3. The average molecular weight is 506 g/mol. The summed E-state index contributed by atoms with van der Waals surface area (Å²) >= 11 is 0. The lowest BCUT2D eigenvalue weighted by Crippen LogP contribution is -2.14. The molecule has 3 heterocycles. The molecule has 1 N–H and O–H groups in total. The molecule has 0 aliphatic heterocycles. The fraction of sp³-hybridized carbons (Fsp3) is 0.0400. The van der Waals surface area contributed by atoms with E-state index in [4.69, 9.17) is 4.74 Å². The van der Waals surface area contributed by atoms with Gasteiger partial charge in [-0.3, -0.25) is 9.71 Å². The van der Waals surface area contributed by atoms with Crippen LogP contribution in [0.5, 0.6) is 5.88 Å². The number of pyridine rings is 2. The van der Waals surface area contributed by atoms with Crippen molar-refractivity contribution in [2.45, 2.75) is 4.90 Å². The van der Waals surface area contributed by atoms with Crippen LogP contribution in [0.3, 0.4) is 0 Å². The summed E-state index contributed by atoms with van der Waals surface area (Å²) in [4.78, 5) is 8.21. The quantitative estimate of drug-likeness (QED) is 0.352. The smallest absolute Gasteiger partial charge is 0.262 e. The van der Waals surface area contributed by atoms with Crippen molar-refractivity contribution in [2.75, 3.05) is 11.8 Å². The maximum absolute atomic E-state index is 13.6. The van der Waals surface area contributed by atoms with Crippen molar-refractivity contribution in [1.82, 2.24) is 20.2 Å². The molecule has 0 atom stereocenters. The monoisotopic (exact) mass is 505 g/mol. The van der Waals surface area contributed by atoms with Crippen LogP contribution in [0.1, 0.15) is 0 Å². The van der Waals surface area contributed by atoms with E-state index < -0.39 is 26.6 Å². The average Bonchev–Trinajstić information content (AvgIpc) is 2.89. The minimum Gasteiger partial charge on any atom is -0.480 e. The summed E-state index contributed by atoms with van der Waals surface area (Å²) in [6.07, 6.45) is 6.50. The molecular formula is C25H17F2N5O3S. The number of hydrogen-bond acceptors (Lipinski definition) is 7. The first-order valence-corrected chi connectivity index (χ1v) is 12.0. The van der Waals surface area contributed by atoms with Gasteiger partial charge in [0, 0.05) is 28.9 Å². The van der Waals surface area contributed by atoms with Crippen LogP contribution in [0, 0.1) is 11.6 Å². The number of aromatic nitrogens is 4. The zero-order valence-corrected chi connectivity index (χ0v) is 19.5. The number of rotatable bonds is 6. The van der Waals surface area contributed by atoms with Gasteiger partial charge < -0.3 is 4.74 Å². The van der Waals surface area contributed by atoms with E-state index >= 15 is 0 Å². The molecule has 3 aromatic heterocycles. The van der Waals surface area contributed by atoms with Crippen LogP contribution in [0.4, 0.5) is 14.5 Å². The first kappa shape index (κ1) is 23.2. The van der Waals surface area contributed by atoms with Gasteiger partial charge in [-0.2, -0.15) is 10.2 Å². The minimum atomic E-state index is -4.26. The maximum Gasteiger partial charge on any atom is 0.262 e. The molecule has 8 nitrogen and oxygen atoms in total. The normalized spacial score (nSPS) is 11.4. The van der Waals surface area contributed by atoms with Gasteiger partial charge in [-0.1, -0.05) is 6.07 Å². The lowest BCUT2D eigenvalue weighted by atomic mass is 9.99. The number of fused-ring (bicyclic) bond motifs is 1. The van der Waals surface area contributed by atoms with Crippen LogP contribution in [-0.2, 0) is 10.0 Å². The second-order valence-electron chi connectivity index (χ2n) is 7.68. The largest absolute Gasteiger partial charge is 0.480 e. The van der Waals surface area contributed by atoms with Crippen molar-refractivity contribution in [3.8, 4) is 28.1 Å². The standard InChI is InChI=1S/C25H17F2N5O3S/c1-35-25-24(32-36(33,34)18-3-4-21(26)22(27)12-18)11-17(13-29-25)15-2-5-23-20(10-15)19(7-8-28-23)16-6-9-30-31-14-16/h2-14,32H,1H3. The molecule has 5 aromatic rings. The highest BCUT2D eigenvalue weighted by atomic mass is 32.2. The Bertz CT molecular complexity index is 1700. The molecule has 0 fully saturated rings. The lowest BCUT2D eigenvalue weighted by Gasteiger charge is -2.13. The number of anilines is 1. The lowest BCUT2D eigenvalue weighted by molar-refractivity contribution is 0.400. The van der Waals surface area contributed by atoms with Gasteiger partial charge in [0.25, 0.3) is 10.0 Å². The fourth-order valence-corrected chi connectivity index (χ4v) is 4.78. The van der Waals surface area contributed by atoms with Gasteiger partial charge in [0.05, 0.1) is 29.9 Å². The van der Waals surface area contributed by atoms with Gasteiger partial charge in [-0.15, -0.1) is 0 Å². The highest BCUT2D eigenvalue weighted by Crippen LogP contribution is 2.34. The van der Waals surface area contributed by atoms with Crippen molar-refractivity contribution in [2.24, 2.45) is 0 Å². The predicted molar refractivity (Wildman–Crippen MR) is 130 cm³/mol. The molecule has 0 saturated carbocycles. The molecule has 36 heavy (non-hydrogen) atoms. The Hall–Kier alpha value is -4.51. The summed E-state index contributed by atoms with van der Waals surface area (Å²) in [5.74, 6) is -2.42. The molecule has 0 saturated heterocycles. The Kier molecular flexibility index (Phi) is 5.98. The van der Waals surface area contributed by atoms with Gasteiger partial charge in [0.2, 0.25) is 5.88 Å². The van der Waals surface area contributed by atoms with E-state index in [0.717, 1.165) is 39.7 Å². The van der Waals surface area contributed by atoms with E-state index in [9.17, 15) is 17.2 Å². The van der Waals surface area contributed by atoms with Crippen LogP contribution in [0.25, 0.3) is 33.2 Å².